The van der Waals surface area contributed by atoms with Crippen molar-refractivity contribution in [3.63, 3.8) is 0 Å². The zero-order chi connectivity index (χ0) is 39.2. The number of hydrogen-bond donors (Lipinski definition) is 7. The molecular weight excluding hydrogens is 674 g/mol. The van der Waals surface area contributed by atoms with Crippen LogP contribution in [-0.4, -0.2) is 77.1 Å². The fourth-order valence-electron chi connectivity index (χ4n) is 5.92. The van der Waals surface area contributed by atoms with E-state index in [1.165, 1.54) is 6.92 Å². The lowest BCUT2D eigenvalue weighted by molar-refractivity contribution is -0.135. The van der Waals surface area contributed by atoms with Gasteiger partial charge >= 0.3 is 0 Å². The number of hydrogen-bond acceptors (Lipinski definition) is 7. The maximum atomic E-state index is 14.0. The molecule has 0 aliphatic heterocycles. The van der Waals surface area contributed by atoms with E-state index in [-0.39, 0.29) is 30.6 Å². The first-order valence-corrected chi connectivity index (χ1v) is 18.5. The molecule has 0 radical (unpaired) electrons. The number of benzene rings is 2. The second kappa shape index (κ2) is 20.3. The first-order valence-electron chi connectivity index (χ1n) is 18.5. The summed E-state index contributed by atoms with van der Waals surface area (Å²) < 4.78 is 0. The molecule has 0 unspecified atom stereocenters. The molecule has 1 heterocycles. The summed E-state index contributed by atoms with van der Waals surface area (Å²) in [4.78, 5) is 82.5. The van der Waals surface area contributed by atoms with E-state index in [2.05, 4.69) is 31.6 Å². The molecule has 3 rings (SSSR count). The van der Waals surface area contributed by atoms with Crippen LogP contribution in [0.2, 0.25) is 0 Å². The summed E-state index contributed by atoms with van der Waals surface area (Å²) in [5, 5.41) is 14.7. The van der Waals surface area contributed by atoms with Crippen LogP contribution in [0.1, 0.15) is 72.4 Å². The van der Waals surface area contributed by atoms with Crippen LogP contribution < -0.4 is 32.3 Å². The molecule has 0 bridgehead atoms. The monoisotopic (exact) mass is 731 g/mol. The Balaban J connectivity index is 1.80. The Morgan fingerprint density at radius 3 is 1.96 bits per heavy atom. The number of carbonyl (C=O) groups excluding carboxylic acids is 6. The summed E-state index contributed by atoms with van der Waals surface area (Å²) in [6, 6.07) is 11.1. The molecule has 13 nitrogen and oxygen atoms in total. The number of para-hydroxylation sites is 1. The molecule has 1 aromatic heterocycles. The van der Waals surface area contributed by atoms with Crippen LogP contribution in [0.5, 0.6) is 0 Å². The van der Waals surface area contributed by atoms with Crippen LogP contribution in [0.15, 0.2) is 60.8 Å². The van der Waals surface area contributed by atoms with Gasteiger partial charge in [0, 0.05) is 23.5 Å². The quantitative estimate of drug-likeness (QED) is 0.0865. The fourth-order valence-corrected chi connectivity index (χ4v) is 5.92. The van der Waals surface area contributed by atoms with Gasteiger partial charge in [-0.05, 0) is 54.7 Å². The van der Waals surface area contributed by atoms with E-state index >= 15 is 0 Å². The molecule has 8 N–H and O–H groups in total. The number of H-pyrrole nitrogens is 1. The van der Waals surface area contributed by atoms with Gasteiger partial charge < -0.3 is 42.1 Å². The minimum Gasteiger partial charge on any atom is -0.361 e. The largest absolute Gasteiger partial charge is 0.361 e. The standard InChI is InChI=1S/C40H57N7O6/c1-8-25(6)35(47-37(50)30(41)19-27-14-10-9-11-15-27)40(53)43-26(7)36(49)44-33(20-28-21-42-31-17-13-12-16-29(28)31)39(52)45-32(18-23(2)3)38(51)46-34(22-48)24(4)5/h9-17,21-26,30,32-35,42H,8,18-20,41H2,1-7H3,(H,43,53)(H,44,49)(H,45,52)(H,46,51)(H,47,50)/t25-,26-,30-,32-,33-,34+,35-/m0/s1. The highest BCUT2D eigenvalue weighted by Crippen LogP contribution is 2.20. The average Bonchev–Trinajstić information content (AvgIpc) is 3.54. The number of fused-ring (bicyclic) bond motifs is 1. The molecule has 5 amide bonds. The third-order valence-corrected chi connectivity index (χ3v) is 9.43. The lowest BCUT2D eigenvalue weighted by Gasteiger charge is -2.28. The van der Waals surface area contributed by atoms with Gasteiger partial charge in [-0.1, -0.05) is 96.5 Å². The van der Waals surface area contributed by atoms with Gasteiger partial charge in [-0.25, -0.2) is 0 Å². The second-order valence-corrected chi connectivity index (χ2v) is 14.6. The Labute approximate surface area is 312 Å². The van der Waals surface area contributed by atoms with Gasteiger partial charge in [0.1, 0.15) is 30.5 Å². The van der Waals surface area contributed by atoms with Crippen LogP contribution in [0, 0.1) is 17.8 Å². The van der Waals surface area contributed by atoms with E-state index in [0.717, 1.165) is 22.0 Å². The number of amides is 5. The maximum Gasteiger partial charge on any atom is 0.243 e. The van der Waals surface area contributed by atoms with Crippen LogP contribution in [0.25, 0.3) is 10.9 Å². The van der Waals surface area contributed by atoms with Crippen LogP contribution >= 0.6 is 0 Å². The van der Waals surface area contributed by atoms with Gasteiger partial charge in [-0.3, -0.25) is 24.0 Å². The highest BCUT2D eigenvalue weighted by molar-refractivity contribution is 5.96. The maximum absolute atomic E-state index is 14.0. The van der Waals surface area contributed by atoms with E-state index in [1.807, 2.05) is 96.1 Å². The minimum absolute atomic E-state index is 0.0171. The summed E-state index contributed by atoms with van der Waals surface area (Å²) in [6.07, 6.45) is 3.65. The number of aromatic amines is 1. The van der Waals surface area contributed by atoms with Gasteiger partial charge in [0.15, 0.2) is 0 Å². The summed E-state index contributed by atoms with van der Waals surface area (Å²) in [7, 11) is 0. The molecule has 0 fully saturated rings. The Morgan fingerprint density at radius 2 is 1.34 bits per heavy atom. The number of nitrogens with one attached hydrogen (secondary N) is 6. The average molecular weight is 732 g/mol. The Bertz CT molecular complexity index is 1690. The van der Waals surface area contributed by atoms with Crippen LogP contribution in [-0.2, 0) is 41.6 Å². The normalized spacial score (nSPS) is 15.4. The summed E-state index contributed by atoms with van der Waals surface area (Å²) >= 11 is 0. The van der Waals surface area contributed by atoms with Gasteiger partial charge in [-0.2, -0.15) is 0 Å². The minimum atomic E-state index is -1.14. The predicted octanol–water partition coefficient (Wildman–Crippen LogP) is 2.67. The highest BCUT2D eigenvalue weighted by atomic mass is 16.2. The zero-order valence-electron chi connectivity index (χ0n) is 31.9. The Kier molecular flexibility index (Phi) is 16.2. The van der Waals surface area contributed by atoms with Gasteiger partial charge in [-0.15, -0.1) is 0 Å². The number of nitrogens with two attached hydrogens (primary N) is 1. The van der Waals surface area contributed by atoms with Crippen molar-refractivity contribution in [2.75, 3.05) is 0 Å². The number of rotatable bonds is 20. The van der Waals surface area contributed by atoms with E-state index in [4.69, 9.17) is 5.73 Å². The van der Waals surface area contributed by atoms with Crippen molar-refractivity contribution in [1.29, 1.82) is 0 Å². The molecule has 0 spiro atoms. The lowest BCUT2D eigenvalue weighted by Crippen LogP contribution is -2.60. The van der Waals surface area contributed by atoms with Crippen molar-refractivity contribution >= 4 is 46.7 Å². The number of carbonyl (C=O) groups is 6. The number of aromatic nitrogens is 1. The molecule has 0 saturated heterocycles. The summed E-state index contributed by atoms with van der Waals surface area (Å²) in [6.45, 7) is 12.6. The van der Waals surface area contributed by atoms with E-state index in [0.29, 0.717) is 19.1 Å². The molecule has 0 saturated carbocycles. The summed E-state index contributed by atoms with van der Waals surface area (Å²) in [5.41, 5.74) is 8.69. The highest BCUT2D eigenvalue weighted by Gasteiger charge is 2.33. The van der Waals surface area contributed by atoms with Crippen molar-refractivity contribution < 1.29 is 28.8 Å². The van der Waals surface area contributed by atoms with E-state index < -0.39 is 65.8 Å². The van der Waals surface area contributed by atoms with Crippen molar-refractivity contribution in [3.8, 4) is 0 Å². The number of aldehydes is 1. The van der Waals surface area contributed by atoms with E-state index in [1.54, 1.807) is 6.20 Å². The molecule has 0 aliphatic carbocycles. The predicted molar refractivity (Wildman–Crippen MR) is 205 cm³/mol. The van der Waals surface area contributed by atoms with Crippen LogP contribution in [0.4, 0.5) is 0 Å². The molecule has 2 aromatic carbocycles. The Morgan fingerprint density at radius 1 is 0.717 bits per heavy atom. The molecule has 3 aromatic rings. The zero-order valence-corrected chi connectivity index (χ0v) is 31.9. The summed E-state index contributed by atoms with van der Waals surface area (Å²) in [5.74, 6) is -3.22. The fraction of sp³-hybridized carbons (Fsp3) is 0.500. The smallest absolute Gasteiger partial charge is 0.243 e. The third-order valence-electron chi connectivity index (χ3n) is 9.43. The van der Waals surface area contributed by atoms with Crippen LogP contribution in [0.3, 0.4) is 0 Å². The molecular formula is C40H57N7O6. The van der Waals surface area contributed by atoms with Crippen molar-refractivity contribution in [3.05, 3.63) is 71.9 Å². The van der Waals surface area contributed by atoms with E-state index in [9.17, 15) is 28.8 Å². The van der Waals surface area contributed by atoms with Gasteiger partial charge in [0.2, 0.25) is 29.5 Å². The molecule has 0 aliphatic rings. The first-order chi connectivity index (χ1) is 25.1. The molecule has 13 heteroatoms. The lowest BCUT2D eigenvalue weighted by atomic mass is 9.97. The Hall–Kier alpha value is -5.04. The molecule has 288 valence electrons. The molecule has 53 heavy (non-hydrogen) atoms. The second-order valence-electron chi connectivity index (χ2n) is 14.6. The van der Waals surface area contributed by atoms with Crippen molar-refractivity contribution in [2.24, 2.45) is 23.5 Å². The molecule has 7 atom stereocenters. The van der Waals surface area contributed by atoms with Gasteiger partial charge in [0.25, 0.3) is 0 Å². The van der Waals surface area contributed by atoms with Crippen molar-refractivity contribution in [2.45, 2.75) is 110 Å². The van der Waals surface area contributed by atoms with Crippen molar-refractivity contribution in [1.82, 2.24) is 31.6 Å². The SMILES string of the molecule is CC[C@H](C)[C@H](NC(=O)[C@@H](N)Cc1ccccc1)C(=O)N[C@@H](C)C(=O)N[C@@H](Cc1c[nH]c2ccccc12)C(=O)N[C@@H](CC(C)C)C(=O)N[C@H](C=O)C(C)C. The first kappa shape index (κ1) is 42.4. The van der Waals surface area contributed by atoms with Gasteiger partial charge in [0.05, 0.1) is 12.1 Å². The third kappa shape index (κ3) is 12.6. The topological polar surface area (TPSA) is 204 Å².